The Kier molecular flexibility index (Phi) is 4.22. The molecule has 2 aromatic rings. The fourth-order valence-corrected chi connectivity index (χ4v) is 3.35. The lowest BCUT2D eigenvalue weighted by Gasteiger charge is -2.21. The highest BCUT2D eigenvalue weighted by molar-refractivity contribution is 5.35. The van der Waals surface area contributed by atoms with E-state index in [1.807, 2.05) is 25.1 Å². The Morgan fingerprint density at radius 1 is 1.29 bits per heavy atom. The average molecular weight is 327 g/mol. The first-order valence-corrected chi connectivity index (χ1v) is 8.94. The van der Waals surface area contributed by atoms with Crippen molar-refractivity contribution >= 4 is 5.82 Å². The summed E-state index contributed by atoms with van der Waals surface area (Å²) in [7, 11) is 0. The van der Waals surface area contributed by atoms with Gasteiger partial charge in [0.15, 0.2) is 5.82 Å². The molecule has 2 aliphatic rings. The number of anilines is 1. The zero-order valence-corrected chi connectivity index (χ0v) is 14.4. The Morgan fingerprint density at radius 2 is 2.17 bits per heavy atom. The van der Waals surface area contributed by atoms with Gasteiger partial charge >= 0.3 is 0 Å². The van der Waals surface area contributed by atoms with Gasteiger partial charge in [0.2, 0.25) is 5.89 Å². The molecule has 2 fully saturated rings. The molecular formula is C18H25N5O. The van der Waals surface area contributed by atoms with E-state index < -0.39 is 0 Å². The van der Waals surface area contributed by atoms with Gasteiger partial charge in [0, 0.05) is 24.7 Å². The standard InChI is InChI=1S/C18H25N5O/c1-12-4-3-5-16(20-12)19-10-14-8-9-23(11-14)13(2)18-21-17(22-24-18)15-6-7-15/h3-5,13-15H,6-11H2,1-2H3,(H,19,20). The zero-order valence-electron chi connectivity index (χ0n) is 14.4. The van der Waals surface area contributed by atoms with Gasteiger partial charge in [0.25, 0.3) is 0 Å². The van der Waals surface area contributed by atoms with Gasteiger partial charge in [0.05, 0.1) is 6.04 Å². The monoisotopic (exact) mass is 327 g/mol. The second kappa shape index (κ2) is 6.51. The smallest absolute Gasteiger partial charge is 0.243 e. The van der Waals surface area contributed by atoms with E-state index in [9.17, 15) is 0 Å². The summed E-state index contributed by atoms with van der Waals surface area (Å²) in [4.78, 5) is 11.5. The highest BCUT2D eigenvalue weighted by atomic mass is 16.5. The summed E-state index contributed by atoms with van der Waals surface area (Å²) in [6, 6.07) is 6.29. The van der Waals surface area contributed by atoms with Gasteiger partial charge in [-0.1, -0.05) is 11.2 Å². The molecule has 0 spiro atoms. The van der Waals surface area contributed by atoms with Crippen molar-refractivity contribution in [1.82, 2.24) is 20.0 Å². The van der Waals surface area contributed by atoms with E-state index in [1.165, 1.54) is 19.3 Å². The number of nitrogens with zero attached hydrogens (tertiary/aromatic N) is 4. The summed E-state index contributed by atoms with van der Waals surface area (Å²) in [6.07, 6.45) is 3.60. The van der Waals surface area contributed by atoms with Crippen LogP contribution in [0.3, 0.4) is 0 Å². The maximum absolute atomic E-state index is 5.49. The Bertz CT molecular complexity index is 696. The van der Waals surface area contributed by atoms with Crippen molar-refractivity contribution in [1.29, 1.82) is 0 Å². The van der Waals surface area contributed by atoms with Crippen LogP contribution in [0.4, 0.5) is 5.82 Å². The molecule has 0 radical (unpaired) electrons. The van der Waals surface area contributed by atoms with Gasteiger partial charge in [-0.3, -0.25) is 4.90 Å². The molecule has 1 N–H and O–H groups in total. The van der Waals surface area contributed by atoms with E-state index in [0.29, 0.717) is 11.8 Å². The SMILES string of the molecule is Cc1cccc(NCC2CCN(C(C)c3nc(C4CC4)no3)C2)n1. The van der Waals surface area contributed by atoms with Crippen LogP contribution in [0.1, 0.15) is 55.6 Å². The molecule has 1 saturated carbocycles. The van der Waals surface area contributed by atoms with Crippen LogP contribution in [0.5, 0.6) is 0 Å². The van der Waals surface area contributed by atoms with E-state index in [-0.39, 0.29) is 6.04 Å². The molecule has 6 nitrogen and oxygen atoms in total. The molecule has 1 aliphatic heterocycles. The number of pyridine rings is 1. The topological polar surface area (TPSA) is 67.1 Å². The fourth-order valence-electron chi connectivity index (χ4n) is 3.35. The van der Waals surface area contributed by atoms with Gasteiger partial charge in [-0.05, 0) is 57.7 Å². The number of nitrogens with one attached hydrogen (secondary N) is 1. The molecule has 2 unspecified atom stereocenters. The number of hydrogen-bond donors (Lipinski definition) is 1. The molecule has 1 saturated heterocycles. The largest absolute Gasteiger partial charge is 0.370 e. The van der Waals surface area contributed by atoms with Crippen molar-refractivity contribution in [3.8, 4) is 0 Å². The van der Waals surface area contributed by atoms with Crippen molar-refractivity contribution in [2.24, 2.45) is 5.92 Å². The number of hydrogen-bond acceptors (Lipinski definition) is 6. The van der Waals surface area contributed by atoms with E-state index in [4.69, 9.17) is 4.52 Å². The number of rotatable bonds is 6. The van der Waals surface area contributed by atoms with Gasteiger partial charge in [-0.25, -0.2) is 4.98 Å². The average Bonchev–Trinajstić information content (AvgIpc) is 3.12. The second-order valence-electron chi connectivity index (χ2n) is 7.14. The predicted molar refractivity (Wildman–Crippen MR) is 91.8 cm³/mol. The van der Waals surface area contributed by atoms with Crippen molar-refractivity contribution in [2.75, 3.05) is 25.0 Å². The molecule has 128 valence electrons. The highest BCUT2D eigenvalue weighted by Crippen LogP contribution is 2.39. The van der Waals surface area contributed by atoms with Crippen LogP contribution in [0.25, 0.3) is 0 Å². The van der Waals surface area contributed by atoms with Crippen molar-refractivity contribution in [2.45, 2.75) is 45.1 Å². The Hall–Kier alpha value is -1.95. The van der Waals surface area contributed by atoms with Gasteiger partial charge < -0.3 is 9.84 Å². The minimum absolute atomic E-state index is 0.201. The zero-order chi connectivity index (χ0) is 16.5. The van der Waals surface area contributed by atoms with Crippen LogP contribution >= 0.6 is 0 Å². The van der Waals surface area contributed by atoms with E-state index in [1.54, 1.807) is 0 Å². The Labute approximate surface area is 142 Å². The third-order valence-electron chi connectivity index (χ3n) is 5.08. The summed E-state index contributed by atoms with van der Waals surface area (Å²) < 4.78 is 5.49. The lowest BCUT2D eigenvalue weighted by molar-refractivity contribution is 0.203. The van der Waals surface area contributed by atoms with Crippen LogP contribution in [0, 0.1) is 12.8 Å². The maximum Gasteiger partial charge on any atom is 0.243 e. The summed E-state index contributed by atoms with van der Waals surface area (Å²) >= 11 is 0. The minimum Gasteiger partial charge on any atom is -0.370 e. The fraction of sp³-hybridized carbons (Fsp3) is 0.611. The van der Waals surface area contributed by atoms with Crippen molar-refractivity contribution < 1.29 is 4.52 Å². The van der Waals surface area contributed by atoms with Gasteiger partial charge in [-0.2, -0.15) is 4.98 Å². The number of aryl methyl sites for hydroxylation is 1. The van der Waals surface area contributed by atoms with Crippen molar-refractivity contribution in [3.05, 3.63) is 35.6 Å². The van der Waals surface area contributed by atoms with Crippen LogP contribution in [0.2, 0.25) is 0 Å². The molecule has 3 heterocycles. The Balaban J connectivity index is 1.30. The summed E-state index contributed by atoms with van der Waals surface area (Å²) in [5, 5.41) is 7.61. The molecule has 0 aromatic carbocycles. The first-order valence-electron chi connectivity index (χ1n) is 8.94. The third kappa shape index (κ3) is 3.43. The summed E-state index contributed by atoms with van der Waals surface area (Å²) in [6.45, 7) is 7.28. The van der Waals surface area contributed by atoms with E-state index >= 15 is 0 Å². The third-order valence-corrected chi connectivity index (χ3v) is 5.08. The lowest BCUT2D eigenvalue weighted by Crippen LogP contribution is -2.26. The molecular weight excluding hydrogens is 302 g/mol. The molecule has 6 heteroatoms. The molecule has 2 aromatic heterocycles. The van der Waals surface area contributed by atoms with E-state index in [0.717, 1.165) is 42.9 Å². The molecule has 1 aliphatic carbocycles. The maximum atomic E-state index is 5.49. The quantitative estimate of drug-likeness (QED) is 0.879. The first-order chi connectivity index (χ1) is 11.7. The summed E-state index contributed by atoms with van der Waals surface area (Å²) in [5.41, 5.74) is 1.05. The second-order valence-corrected chi connectivity index (χ2v) is 7.14. The molecule has 24 heavy (non-hydrogen) atoms. The lowest BCUT2D eigenvalue weighted by atomic mass is 10.1. The highest BCUT2D eigenvalue weighted by Gasteiger charge is 2.32. The normalized spacial score (nSPS) is 22.7. The van der Waals surface area contributed by atoms with Crippen molar-refractivity contribution in [3.63, 3.8) is 0 Å². The molecule has 4 rings (SSSR count). The van der Waals surface area contributed by atoms with Crippen LogP contribution in [0.15, 0.2) is 22.7 Å². The van der Waals surface area contributed by atoms with Crippen LogP contribution in [-0.4, -0.2) is 39.7 Å². The van der Waals surface area contributed by atoms with E-state index in [2.05, 4.69) is 32.3 Å². The minimum atomic E-state index is 0.201. The molecule has 0 amide bonds. The molecule has 2 atom stereocenters. The van der Waals surface area contributed by atoms with Crippen LogP contribution < -0.4 is 5.32 Å². The Morgan fingerprint density at radius 3 is 2.96 bits per heavy atom. The van der Waals surface area contributed by atoms with Crippen LogP contribution in [-0.2, 0) is 0 Å². The van der Waals surface area contributed by atoms with Gasteiger partial charge in [-0.15, -0.1) is 0 Å². The molecule has 0 bridgehead atoms. The summed E-state index contributed by atoms with van der Waals surface area (Å²) in [5.74, 6) is 3.81. The first kappa shape index (κ1) is 15.6. The predicted octanol–water partition coefficient (Wildman–Crippen LogP) is 3.15. The number of aromatic nitrogens is 3. The number of likely N-dealkylation sites (tertiary alicyclic amines) is 1. The van der Waals surface area contributed by atoms with Gasteiger partial charge in [0.1, 0.15) is 5.82 Å².